The summed E-state index contributed by atoms with van der Waals surface area (Å²) in [5.41, 5.74) is 3.92. The molecule has 8 nitrogen and oxygen atoms in total. The number of carbonyl (C=O) groups is 2. The summed E-state index contributed by atoms with van der Waals surface area (Å²) in [7, 11) is 0. The number of nitro benzene ring substituents is 1. The van der Waals surface area contributed by atoms with Gasteiger partial charge in [0.1, 0.15) is 5.25 Å². The maximum Gasteiger partial charge on any atom is 0.271 e. The van der Waals surface area contributed by atoms with E-state index in [1.807, 2.05) is 39.0 Å². The number of non-ortho nitro benzene ring substituents is 1. The molecule has 1 saturated heterocycles. The first-order chi connectivity index (χ1) is 14.7. The molecule has 162 valence electrons. The zero-order valence-electron chi connectivity index (χ0n) is 17.8. The highest BCUT2D eigenvalue weighted by atomic mass is 32.2. The van der Waals surface area contributed by atoms with E-state index in [-0.39, 0.29) is 23.9 Å². The second kappa shape index (κ2) is 9.30. The number of hydrogen-bond donors (Lipinski definition) is 1. The van der Waals surface area contributed by atoms with Crippen LogP contribution in [0.1, 0.15) is 30.0 Å². The van der Waals surface area contributed by atoms with Gasteiger partial charge >= 0.3 is 0 Å². The summed E-state index contributed by atoms with van der Waals surface area (Å²) in [6.07, 6.45) is 0.0138. The van der Waals surface area contributed by atoms with Gasteiger partial charge in [-0.15, -0.1) is 0 Å². The fourth-order valence-electron chi connectivity index (χ4n) is 3.38. The summed E-state index contributed by atoms with van der Waals surface area (Å²) < 4.78 is 0. The monoisotopic (exact) mass is 440 g/mol. The van der Waals surface area contributed by atoms with Crippen molar-refractivity contribution in [1.82, 2.24) is 4.90 Å². The van der Waals surface area contributed by atoms with Crippen LogP contribution in [0.5, 0.6) is 0 Å². The Morgan fingerprint density at radius 1 is 1.19 bits per heavy atom. The van der Waals surface area contributed by atoms with E-state index >= 15 is 0 Å². The lowest BCUT2D eigenvalue weighted by Gasteiger charge is -2.13. The number of thioether (sulfide) groups is 1. The molecule has 1 fully saturated rings. The molecule has 31 heavy (non-hydrogen) atoms. The first kappa shape index (κ1) is 22.5. The lowest BCUT2D eigenvalue weighted by Crippen LogP contribution is -2.33. The van der Waals surface area contributed by atoms with Gasteiger partial charge in [-0.2, -0.15) is 0 Å². The number of amides is 2. The van der Waals surface area contributed by atoms with Crippen LogP contribution in [0.3, 0.4) is 0 Å². The number of carbonyl (C=O) groups excluding carboxylic acids is 2. The van der Waals surface area contributed by atoms with E-state index < -0.39 is 10.2 Å². The molecule has 2 amide bonds. The van der Waals surface area contributed by atoms with Crippen molar-refractivity contribution in [3.63, 3.8) is 0 Å². The Kier molecular flexibility index (Phi) is 6.74. The van der Waals surface area contributed by atoms with Gasteiger partial charge in [-0.1, -0.05) is 23.9 Å². The number of nitrogens with one attached hydrogen (secondary N) is 1. The van der Waals surface area contributed by atoms with Gasteiger partial charge in [-0.25, -0.2) is 4.99 Å². The molecule has 9 heteroatoms. The molecular weight excluding hydrogens is 416 g/mol. The molecule has 2 aromatic rings. The van der Waals surface area contributed by atoms with Crippen molar-refractivity contribution < 1.29 is 14.5 Å². The standard InChI is InChI=1S/C22H24N4O4S/c1-5-25-21(28)19(12-20(27)23-16-9-13(2)8-14(3)10-16)31-22(25)24-18-11-17(26(29)30)7-6-15(18)4/h6-11,19H,5,12H2,1-4H3,(H,23,27). The predicted octanol–water partition coefficient (Wildman–Crippen LogP) is 4.50. The molecule has 0 saturated carbocycles. The Morgan fingerprint density at radius 3 is 2.48 bits per heavy atom. The van der Waals surface area contributed by atoms with E-state index in [9.17, 15) is 19.7 Å². The molecule has 2 aromatic carbocycles. The van der Waals surface area contributed by atoms with Crippen LogP contribution in [0.4, 0.5) is 17.1 Å². The molecule has 0 aromatic heterocycles. The third kappa shape index (κ3) is 5.29. The molecule has 1 atom stereocenters. The molecule has 3 rings (SSSR count). The number of benzene rings is 2. The molecule has 0 spiro atoms. The van der Waals surface area contributed by atoms with Crippen molar-refractivity contribution in [2.24, 2.45) is 4.99 Å². The highest BCUT2D eigenvalue weighted by Gasteiger charge is 2.38. The molecular formula is C22H24N4O4S. The van der Waals surface area contributed by atoms with Crippen molar-refractivity contribution in [2.45, 2.75) is 39.4 Å². The second-order valence-corrected chi connectivity index (χ2v) is 8.61. The van der Waals surface area contributed by atoms with E-state index in [0.717, 1.165) is 16.7 Å². The quantitative estimate of drug-likeness (QED) is 0.526. The van der Waals surface area contributed by atoms with Gasteiger partial charge < -0.3 is 5.32 Å². The minimum Gasteiger partial charge on any atom is -0.326 e. The van der Waals surface area contributed by atoms with Crippen molar-refractivity contribution >= 4 is 45.8 Å². The van der Waals surface area contributed by atoms with Gasteiger partial charge in [-0.05, 0) is 56.5 Å². The first-order valence-electron chi connectivity index (χ1n) is 9.88. The van der Waals surface area contributed by atoms with Crippen molar-refractivity contribution in [1.29, 1.82) is 0 Å². The van der Waals surface area contributed by atoms with Crippen LogP contribution in [-0.2, 0) is 9.59 Å². The topological polar surface area (TPSA) is 105 Å². The van der Waals surface area contributed by atoms with Crippen LogP contribution in [0.2, 0.25) is 0 Å². The smallest absolute Gasteiger partial charge is 0.271 e. The van der Waals surface area contributed by atoms with Crippen LogP contribution in [-0.4, -0.2) is 38.6 Å². The first-order valence-corrected chi connectivity index (χ1v) is 10.8. The summed E-state index contributed by atoms with van der Waals surface area (Å²) in [5, 5.41) is 13.8. The number of rotatable bonds is 6. The summed E-state index contributed by atoms with van der Waals surface area (Å²) in [6.45, 7) is 7.93. The van der Waals surface area contributed by atoms with E-state index in [2.05, 4.69) is 10.3 Å². The number of aryl methyl sites for hydroxylation is 3. The largest absolute Gasteiger partial charge is 0.326 e. The van der Waals surface area contributed by atoms with Gasteiger partial charge in [0.2, 0.25) is 11.8 Å². The Balaban J connectivity index is 1.78. The fraction of sp³-hybridized carbons (Fsp3) is 0.318. The number of amidine groups is 1. The average Bonchev–Trinajstić information content (AvgIpc) is 2.96. The fourth-order valence-corrected chi connectivity index (χ4v) is 4.59. The minimum atomic E-state index is -0.594. The van der Waals surface area contributed by atoms with Crippen molar-refractivity contribution in [3.8, 4) is 0 Å². The van der Waals surface area contributed by atoms with Gasteiger partial charge in [-0.3, -0.25) is 24.6 Å². The van der Waals surface area contributed by atoms with Crippen LogP contribution in [0, 0.1) is 30.9 Å². The number of nitrogens with zero attached hydrogens (tertiary/aromatic N) is 3. The zero-order chi connectivity index (χ0) is 22.7. The second-order valence-electron chi connectivity index (χ2n) is 7.44. The SMILES string of the molecule is CCN1C(=O)C(CC(=O)Nc2cc(C)cc(C)c2)SC1=Nc1cc([N+](=O)[O-])ccc1C. The summed E-state index contributed by atoms with van der Waals surface area (Å²) in [6, 6.07) is 10.2. The maximum absolute atomic E-state index is 12.8. The minimum absolute atomic E-state index is 0.0138. The Morgan fingerprint density at radius 2 is 1.87 bits per heavy atom. The predicted molar refractivity (Wildman–Crippen MR) is 123 cm³/mol. The highest BCUT2D eigenvalue weighted by Crippen LogP contribution is 2.33. The molecule has 0 bridgehead atoms. The van der Waals surface area contributed by atoms with Crippen LogP contribution < -0.4 is 5.32 Å². The Hall–Kier alpha value is -3.20. The molecule has 1 N–H and O–H groups in total. The average molecular weight is 441 g/mol. The van der Waals surface area contributed by atoms with Crippen molar-refractivity contribution in [3.05, 3.63) is 63.2 Å². The number of anilines is 1. The van der Waals surface area contributed by atoms with Crippen LogP contribution >= 0.6 is 11.8 Å². The summed E-state index contributed by atoms with van der Waals surface area (Å²) >= 11 is 1.21. The lowest BCUT2D eigenvalue weighted by atomic mass is 10.1. The van der Waals surface area contributed by atoms with Gasteiger partial charge in [0.15, 0.2) is 5.17 Å². The van der Waals surface area contributed by atoms with E-state index in [4.69, 9.17) is 0 Å². The Labute approximate surface area is 184 Å². The summed E-state index contributed by atoms with van der Waals surface area (Å²) in [4.78, 5) is 42.0. The van der Waals surface area contributed by atoms with Gasteiger partial charge in [0, 0.05) is 30.8 Å². The number of aliphatic imine (C=N–C) groups is 1. The molecule has 1 unspecified atom stereocenters. The van der Waals surface area contributed by atoms with Gasteiger partial charge in [0.05, 0.1) is 10.6 Å². The molecule has 1 heterocycles. The Bertz CT molecular complexity index is 1060. The maximum atomic E-state index is 12.8. The van der Waals surface area contributed by atoms with Gasteiger partial charge in [0.25, 0.3) is 5.69 Å². The van der Waals surface area contributed by atoms with Crippen LogP contribution in [0.25, 0.3) is 0 Å². The third-order valence-electron chi connectivity index (χ3n) is 4.83. The number of hydrogen-bond acceptors (Lipinski definition) is 6. The molecule has 1 aliphatic heterocycles. The van der Waals surface area contributed by atoms with Crippen molar-refractivity contribution in [2.75, 3.05) is 11.9 Å². The molecule has 0 radical (unpaired) electrons. The highest BCUT2D eigenvalue weighted by molar-refractivity contribution is 8.15. The zero-order valence-corrected chi connectivity index (χ0v) is 18.7. The molecule has 1 aliphatic rings. The van der Waals surface area contributed by atoms with E-state index in [1.54, 1.807) is 13.0 Å². The number of nitro groups is 1. The van der Waals surface area contributed by atoms with E-state index in [0.29, 0.717) is 23.1 Å². The molecule has 0 aliphatic carbocycles. The van der Waals surface area contributed by atoms with E-state index in [1.165, 1.54) is 28.8 Å². The van der Waals surface area contributed by atoms with Crippen LogP contribution in [0.15, 0.2) is 41.4 Å². The normalized spacial score (nSPS) is 17.3. The summed E-state index contributed by atoms with van der Waals surface area (Å²) in [5.74, 6) is -0.440. The lowest BCUT2D eigenvalue weighted by molar-refractivity contribution is -0.384. The third-order valence-corrected chi connectivity index (χ3v) is 6.01.